The van der Waals surface area contributed by atoms with Crippen LogP contribution in [0.1, 0.15) is 25.0 Å². The molecule has 1 amide bonds. The van der Waals surface area contributed by atoms with E-state index in [-0.39, 0.29) is 0 Å². The summed E-state index contributed by atoms with van der Waals surface area (Å²) in [6.07, 6.45) is -4.55. The van der Waals surface area contributed by atoms with Crippen LogP contribution >= 0.6 is 0 Å². The number of carbonyl (C=O) groups is 1. The van der Waals surface area contributed by atoms with Gasteiger partial charge in [0.2, 0.25) is 0 Å². The lowest BCUT2D eigenvalue weighted by Crippen LogP contribution is -2.22. The van der Waals surface area contributed by atoms with Crippen molar-refractivity contribution < 1.29 is 22.7 Å². The molecule has 0 spiro atoms. The smallest absolute Gasteiger partial charge is 0.419 e. The maximum atomic E-state index is 13.0. The SMILES string of the molecule is CC(C)CNCc1ccc(OCC(N)=O)c(C(F)(F)F)c1. The maximum absolute atomic E-state index is 13.0. The maximum Gasteiger partial charge on any atom is 0.419 e. The zero-order valence-corrected chi connectivity index (χ0v) is 12.0. The molecule has 0 aliphatic heterocycles. The fraction of sp³-hybridized carbons (Fsp3) is 0.500. The first-order valence-corrected chi connectivity index (χ1v) is 6.52. The van der Waals surface area contributed by atoms with Crippen LogP contribution in [0.5, 0.6) is 5.75 Å². The Morgan fingerprint density at radius 3 is 2.57 bits per heavy atom. The van der Waals surface area contributed by atoms with Crippen molar-refractivity contribution in [2.24, 2.45) is 11.7 Å². The van der Waals surface area contributed by atoms with E-state index in [4.69, 9.17) is 10.5 Å². The van der Waals surface area contributed by atoms with Gasteiger partial charge in [-0.2, -0.15) is 13.2 Å². The number of nitrogens with two attached hydrogens (primary N) is 1. The number of hydrogen-bond donors (Lipinski definition) is 2. The van der Waals surface area contributed by atoms with Crippen LogP contribution in [-0.2, 0) is 17.5 Å². The summed E-state index contributed by atoms with van der Waals surface area (Å²) in [6, 6.07) is 3.75. The number of carbonyl (C=O) groups excluding carboxylic acids is 1. The first kappa shape index (κ1) is 17.3. The molecule has 0 saturated carbocycles. The zero-order valence-electron chi connectivity index (χ0n) is 12.0. The monoisotopic (exact) mass is 304 g/mol. The van der Waals surface area contributed by atoms with Gasteiger partial charge < -0.3 is 15.8 Å². The molecule has 1 aromatic rings. The number of alkyl halides is 3. The van der Waals surface area contributed by atoms with Crippen LogP contribution in [-0.4, -0.2) is 19.1 Å². The van der Waals surface area contributed by atoms with Gasteiger partial charge in [0.25, 0.3) is 5.91 Å². The quantitative estimate of drug-likeness (QED) is 0.812. The van der Waals surface area contributed by atoms with E-state index in [1.54, 1.807) is 0 Å². The van der Waals surface area contributed by atoms with Gasteiger partial charge >= 0.3 is 6.18 Å². The molecular weight excluding hydrogens is 285 g/mol. The molecule has 0 radical (unpaired) electrons. The van der Waals surface area contributed by atoms with E-state index in [2.05, 4.69) is 5.32 Å². The molecule has 0 saturated heterocycles. The molecule has 0 aliphatic rings. The van der Waals surface area contributed by atoms with Crippen LogP contribution in [0.15, 0.2) is 18.2 Å². The molecular formula is C14H19F3N2O2. The first-order valence-electron chi connectivity index (χ1n) is 6.52. The van der Waals surface area contributed by atoms with Gasteiger partial charge in [-0.05, 0) is 30.2 Å². The fourth-order valence-corrected chi connectivity index (χ4v) is 1.69. The van der Waals surface area contributed by atoms with E-state index in [0.717, 1.165) is 6.07 Å². The van der Waals surface area contributed by atoms with Gasteiger partial charge in [-0.15, -0.1) is 0 Å². The highest BCUT2D eigenvalue weighted by molar-refractivity contribution is 5.75. The predicted molar refractivity (Wildman–Crippen MR) is 72.7 cm³/mol. The third kappa shape index (κ3) is 6.03. The van der Waals surface area contributed by atoms with Crippen LogP contribution in [0, 0.1) is 5.92 Å². The summed E-state index contributed by atoms with van der Waals surface area (Å²) in [5.41, 5.74) is 4.45. The number of benzene rings is 1. The Balaban J connectivity index is 2.88. The molecule has 7 heteroatoms. The molecule has 1 aromatic carbocycles. The lowest BCUT2D eigenvalue weighted by molar-refractivity contribution is -0.139. The molecule has 3 N–H and O–H groups in total. The predicted octanol–water partition coefficient (Wildman–Crippen LogP) is 2.32. The third-order valence-electron chi connectivity index (χ3n) is 2.60. The van der Waals surface area contributed by atoms with Crippen LogP contribution in [0.2, 0.25) is 0 Å². The van der Waals surface area contributed by atoms with Crippen molar-refractivity contribution in [1.29, 1.82) is 0 Å². The Labute approximate surface area is 121 Å². The van der Waals surface area contributed by atoms with Gasteiger partial charge in [0, 0.05) is 6.54 Å². The van der Waals surface area contributed by atoms with E-state index in [1.807, 2.05) is 13.8 Å². The minimum absolute atomic E-state index is 0.331. The van der Waals surface area contributed by atoms with Crippen LogP contribution < -0.4 is 15.8 Å². The minimum atomic E-state index is -4.55. The second-order valence-corrected chi connectivity index (χ2v) is 5.11. The zero-order chi connectivity index (χ0) is 16.0. The van der Waals surface area contributed by atoms with Crippen molar-refractivity contribution >= 4 is 5.91 Å². The second kappa shape index (κ2) is 7.31. The standard InChI is InChI=1S/C14H19F3N2O2/c1-9(2)6-19-7-10-3-4-12(21-8-13(18)20)11(5-10)14(15,16)17/h3-5,9,19H,6-8H2,1-2H3,(H2,18,20). The Bertz CT molecular complexity index is 488. The first-order chi connectivity index (χ1) is 9.70. The molecule has 0 heterocycles. The van der Waals surface area contributed by atoms with E-state index in [0.29, 0.717) is 24.6 Å². The minimum Gasteiger partial charge on any atom is -0.483 e. The summed E-state index contributed by atoms with van der Waals surface area (Å²) in [5, 5.41) is 3.07. The average molecular weight is 304 g/mol. The molecule has 0 fully saturated rings. The summed E-state index contributed by atoms with van der Waals surface area (Å²) in [5.74, 6) is -0.815. The molecule has 0 unspecified atom stereocenters. The number of hydrogen-bond acceptors (Lipinski definition) is 3. The van der Waals surface area contributed by atoms with E-state index < -0.39 is 30.0 Å². The summed E-state index contributed by atoms with van der Waals surface area (Å²) < 4.78 is 43.8. The molecule has 0 aliphatic carbocycles. The number of nitrogens with one attached hydrogen (secondary N) is 1. The van der Waals surface area contributed by atoms with Crippen molar-refractivity contribution in [1.82, 2.24) is 5.32 Å². The highest BCUT2D eigenvalue weighted by Crippen LogP contribution is 2.36. The molecule has 4 nitrogen and oxygen atoms in total. The Kier molecular flexibility index (Phi) is 6.02. The molecule has 21 heavy (non-hydrogen) atoms. The summed E-state index contributed by atoms with van der Waals surface area (Å²) in [7, 11) is 0. The van der Waals surface area contributed by atoms with Crippen molar-refractivity contribution in [3.8, 4) is 5.75 Å². The Morgan fingerprint density at radius 2 is 2.05 bits per heavy atom. The van der Waals surface area contributed by atoms with E-state index in [1.165, 1.54) is 12.1 Å². The molecule has 118 valence electrons. The number of primary amides is 1. The molecule has 0 atom stereocenters. The third-order valence-corrected chi connectivity index (χ3v) is 2.60. The van der Waals surface area contributed by atoms with E-state index >= 15 is 0 Å². The topological polar surface area (TPSA) is 64.3 Å². The average Bonchev–Trinajstić information content (AvgIpc) is 2.35. The molecule has 1 rings (SSSR count). The lowest BCUT2D eigenvalue weighted by atomic mass is 10.1. The normalized spacial score (nSPS) is 11.7. The number of halogens is 3. The number of rotatable bonds is 7. The Morgan fingerprint density at radius 1 is 1.38 bits per heavy atom. The Hall–Kier alpha value is -1.76. The summed E-state index contributed by atoms with van der Waals surface area (Å²) >= 11 is 0. The van der Waals surface area contributed by atoms with Crippen LogP contribution in [0.25, 0.3) is 0 Å². The number of ether oxygens (including phenoxy) is 1. The number of amides is 1. The van der Waals surface area contributed by atoms with Crippen LogP contribution in [0.4, 0.5) is 13.2 Å². The second-order valence-electron chi connectivity index (χ2n) is 5.11. The molecule has 0 aromatic heterocycles. The van der Waals surface area contributed by atoms with Crippen molar-refractivity contribution in [3.05, 3.63) is 29.3 Å². The highest BCUT2D eigenvalue weighted by atomic mass is 19.4. The van der Waals surface area contributed by atoms with E-state index in [9.17, 15) is 18.0 Å². The van der Waals surface area contributed by atoms with Crippen LogP contribution in [0.3, 0.4) is 0 Å². The lowest BCUT2D eigenvalue weighted by Gasteiger charge is -2.15. The van der Waals surface area contributed by atoms with Gasteiger partial charge in [0.15, 0.2) is 6.61 Å². The summed E-state index contributed by atoms with van der Waals surface area (Å²) in [4.78, 5) is 10.6. The van der Waals surface area contributed by atoms with Gasteiger partial charge in [0.05, 0.1) is 5.56 Å². The van der Waals surface area contributed by atoms with Crippen molar-refractivity contribution in [2.75, 3.05) is 13.2 Å². The van der Waals surface area contributed by atoms with Crippen molar-refractivity contribution in [2.45, 2.75) is 26.6 Å². The van der Waals surface area contributed by atoms with Crippen molar-refractivity contribution in [3.63, 3.8) is 0 Å². The highest BCUT2D eigenvalue weighted by Gasteiger charge is 2.34. The van der Waals surface area contributed by atoms with Gasteiger partial charge in [-0.25, -0.2) is 0 Å². The van der Waals surface area contributed by atoms with Gasteiger partial charge in [-0.3, -0.25) is 4.79 Å². The molecule has 0 bridgehead atoms. The van der Waals surface area contributed by atoms with Gasteiger partial charge in [-0.1, -0.05) is 19.9 Å². The summed E-state index contributed by atoms with van der Waals surface area (Å²) in [6.45, 7) is 4.47. The fourth-order valence-electron chi connectivity index (χ4n) is 1.69. The van der Waals surface area contributed by atoms with Gasteiger partial charge in [0.1, 0.15) is 5.75 Å². The largest absolute Gasteiger partial charge is 0.483 e.